The van der Waals surface area contributed by atoms with Gasteiger partial charge < -0.3 is 4.90 Å². The highest BCUT2D eigenvalue weighted by molar-refractivity contribution is 14.1. The average Bonchev–Trinajstić information content (AvgIpc) is 2.95. The maximum absolute atomic E-state index is 13.4. The first-order valence-corrected chi connectivity index (χ1v) is 8.45. The fourth-order valence-electron chi connectivity index (χ4n) is 2.60. The smallest absolute Gasteiger partial charge is 0.255 e. The lowest BCUT2D eigenvalue weighted by Crippen LogP contribution is -2.48. The van der Waals surface area contributed by atoms with E-state index in [0.29, 0.717) is 25.2 Å². The maximum atomic E-state index is 13.4. The third-order valence-corrected chi connectivity index (χ3v) is 4.77. The van der Waals surface area contributed by atoms with Crippen LogP contribution in [0.5, 0.6) is 0 Å². The zero-order valence-electron chi connectivity index (χ0n) is 12.7. The fraction of sp³-hybridized carbons (Fsp3) is 0.400. The van der Waals surface area contributed by atoms with Crippen LogP contribution in [0.2, 0.25) is 0 Å². The summed E-state index contributed by atoms with van der Waals surface area (Å²) in [5, 5.41) is 6.96. The standard InChI is InChI=1S/C15H17FIN5O/c1-10-18-14(20-19-10)9-21-4-6-22(7-5-21)15(23)12-8-11(16)2-3-13(12)17/h2-3,8H,4-7,9H2,1H3,(H,18,19,20). The Kier molecular flexibility index (Phi) is 4.90. The number of aryl methyl sites for hydroxylation is 1. The number of piperazine rings is 1. The van der Waals surface area contributed by atoms with Crippen molar-refractivity contribution in [3.05, 3.63) is 44.8 Å². The lowest BCUT2D eigenvalue weighted by Gasteiger charge is -2.34. The van der Waals surface area contributed by atoms with E-state index in [1.807, 2.05) is 6.92 Å². The Hall–Kier alpha value is -1.55. The molecule has 122 valence electrons. The number of nitrogens with one attached hydrogen (secondary N) is 1. The van der Waals surface area contributed by atoms with Gasteiger partial charge in [-0.15, -0.1) is 0 Å². The predicted octanol–water partition coefficient (Wildman–Crippen LogP) is 1.81. The molecule has 0 spiro atoms. The van der Waals surface area contributed by atoms with Crippen LogP contribution in [0.1, 0.15) is 22.0 Å². The van der Waals surface area contributed by atoms with Gasteiger partial charge in [-0.25, -0.2) is 9.37 Å². The highest BCUT2D eigenvalue weighted by atomic mass is 127. The minimum atomic E-state index is -0.382. The van der Waals surface area contributed by atoms with E-state index in [4.69, 9.17) is 0 Å². The number of aromatic amines is 1. The molecule has 1 aliphatic heterocycles. The van der Waals surface area contributed by atoms with Crippen molar-refractivity contribution in [2.45, 2.75) is 13.5 Å². The third kappa shape index (κ3) is 3.86. The summed E-state index contributed by atoms with van der Waals surface area (Å²) in [6.45, 7) is 5.29. The van der Waals surface area contributed by atoms with Gasteiger partial charge >= 0.3 is 0 Å². The minimum Gasteiger partial charge on any atom is -0.336 e. The van der Waals surface area contributed by atoms with Gasteiger partial charge in [0.2, 0.25) is 0 Å². The van der Waals surface area contributed by atoms with Crippen molar-refractivity contribution in [1.29, 1.82) is 0 Å². The molecule has 2 heterocycles. The molecule has 6 nitrogen and oxygen atoms in total. The number of hydrogen-bond donors (Lipinski definition) is 1. The number of carbonyl (C=O) groups is 1. The first kappa shape index (κ1) is 16.3. The Morgan fingerprint density at radius 3 is 2.74 bits per heavy atom. The zero-order chi connectivity index (χ0) is 16.4. The number of rotatable bonds is 3. The Morgan fingerprint density at radius 1 is 1.35 bits per heavy atom. The molecule has 0 saturated carbocycles. The number of hydrogen-bond acceptors (Lipinski definition) is 4. The van der Waals surface area contributed by atoms with Crippen molar-refractivity contribution >= 4 is 28.5 Å². The lowest BCUT2D eigenvalue weighted by molar-refractivity contribution is 0.0624. The largest absolute Gasteiger partial charge is 0.336 e. The summed E-state index contributed by atoms with van der Waals surface area (Å²) in [5.74, 6) is 1.08. The molecular formula is C15H17FIN5O. The van der Waals surface area contributed by atoms with Crippen LogP contribution in [0, 0.1) is 16.3 Å². The SMILES string of the molecule is Cc1nc(CN2CCN(C(=O)c3cc(F)ccc3I)CC2)n[nH]1. The summed E-state index contributed by atoms with van der Waals surface area (Å²) in [6.07, 6.45) is 0. The summed E-state index contributed by atoms with van der Waals surface area (Å²) in [6, 6.07) is 4.31. The van der Waals surface area contributed by atoms with Crippen LogP contribution in [-0.4, -0.2) is 57.1 Å². The Morgan fingerprint density at radius 2 is 2.09 bits per heavy atom. The van der Waals surface area contributed by atoms with E-state index in [9.17, 15) is 9.18 Å². The summed E-state index contributed by atoms with van der Waals surface area (Å²) in [4.78, 5) is 20.8. The molecule has 1 N–H and O–H groups in total. The van der Waals surface area contributed by atoms with Gasteiger partial charge in [0, 0.05) is 29.7 Å². The van der Waals surface area contributed by atoms with Crippen molar-refractivity contribution in [1.82, 2.24) is 25.0 Å². The Bertz CT molecular complexity index is 712. The molecule has 2 aromatic rings. The summed E-state index contributed by atoms with van der Waals surface area (Å²) >= 11 is 2.07. The van der Waals surface area contributed by atoms with Crippen LogP contribution in [0.4, 0.5) is 4.39 Å². The van der Waals surface area contributed by atoms with Crippen LogP contribution in [0.15, 0.2) is 18.2 Å². The van der Waals surface area contributed by atoms with Crippen molar-refractivity contribution in [3.63, 3.8) is 0 Å². The monoisotopic (exact) mass is 429 g/mol. The zero-order valence-corrected chi connectivity index (χ0v) is 14.9. The fourth-order valence-corrected chi connectivity index (χ4v) is 3.17. The molecule has 1 saturated heterocycles. The molecule has 3 rings (SSSR count). The Balaban J connectivity index is 1.60. The molecule has 1 aliphatic rings. The second kappa shape index (κ2) is 6.91. The van der Waals surface area contributed by atoms with E-state index in [-0.39, 0.29) is 11.7 Å². The number of benzene rings is 1. The van der Waals surface area contributed by atoms with Crippen molar-refractivity contribution in [2.24, 2.45) is 0 Å². The molecule has 0 radical (unpaired) electrons. The molecule has 1 aromatic carbocycles. The average molecular weight is 429 g/mol. The van der Waals surface area contributed by atoms with E-state index in [1.165, 1.54) is 12.1 Å². The number of amides is 1. The van der Waals surface area contributed by atoms with Crippen LogP contribution < -0.4 is 0 Å². The Labute approximate surface area is 147 Å². The number of H-pyrrole nitrogens is 1. The van der Waals surface area contributed by atoms with Gasteiger partial charge in [-0.05, 0) is 47.7 Å². The van der Waals surface area contributed by atoms with Crippen LogP contribution in [0.3, 0.4) is 0 Å². The maximum Gasteiger partial charge on any atom is 0.255 e. The van der Waals surface area contributed by atoms with E-state index < -0.39 is 0 Å². The third-order valence-electron chi connectivity index (χ3n) is 3.83. The van der Waals surface area contributed by atoms with Gasteiger partial charge in [-0.3, -0.25) is 14.8 Å². The summed E-state index contributed by atoms with van der Waals surface area (Å²) in [5.41, 5.74) is 0.434. The molecule has 1 amide bonds. The normalized spacial score (nSPS) is 15.9. The second-order valence-corrected chi connectivity index (χ2v) is 6.69. The predicted molar refractivity (Wildman–Crippen MR) is 91.4 cm³/mol. The van der Waals surface area contributed by atoms with E-state index in [2.05, 4.69) is 42.7 Å². The van der Waals surface area contributed by atoms with Crippen LogP contribution in [0.25, 0.3) is 0 Å². The van der Waals surface area contributed by atoms with E-state index in [1.54, 1.807) is 11.0 Å². The van der Waals surface area contributed by atoms with Gasteiger partial charge in [0.05, 0.1) is 12.1 Å². The molecule has 1 fully saturated rings. The molecule has 1 aromatic heterocycles. The first-order valence-electron chi connectivity index (χ1n) is 7.37. The van der Waals surface area contributed by atoms with Crippen molar-refractivity contribution in [3.8, 4) is 0 Å². The second-order valence-electron chi connectivity index (χ2n) is 5.53. The van der Waals surface area contributed by atoms with Crippen LogP contribution in [-0.2, 0) is 6.54 Å². The van der Waals surface area contributed by atoms with Crippen LogP contribution >= 0.6 is 22.6 Å². The molecule has 0 aliphatic carbocycles. The first-order chi connectivity index (χ1) is 11.0. The topological polar surface area (TPSA) is 65.1 Å². The summed E-state index contributed by atoms with van der Waals surface area (Å²) in [7, 11) is 0. The molecule has 0 bridgehead atoms. The minimum absolute atomic E-state index is 0.109. The van der Waals surface area contributed by atoms with Crippen molar-refractivity contribution < 1.29 is 9.18 Å². The highest BCUT2D eigenvalue weighted by Crippen LogP contribution is 2.17. The quantitative estimate of drug-likeness (QED) is 0.757. The molecule has 8 heteroatoms. The number of halogens is 2. The van der Waals surface area contributed by atoms with Gasteiger partial charge in [0.25, 0.3) is 5.91 Å². The highest BCUT2D eigenvalue weighted by Gasteiger charge is 2.24. The molecule has 0 atom stereocenters. The molecular weight excluding hydrogens is 412 g/mol. The van der Waals surface area contributed by atoms with Gasteiger partial charge in [0.1, 0.15) is 11.6 Å². The number of nitrogens with zero attached hydrogens (tertiary/aromatic N) is 4. The van der Waals surface area contributed by atoms with E-state index >= 15 is 0 Å². The lowest BCUT2D eigenvalue weighted by atomic mass is 10.1. The number of carbonyl (C=O) groups excluding carboxylic acids is 1. The molecule has 0 unspecified atom stereocenters. The van der Waals surface area contributed by atoms with Crippen molar-refractivity contribution in [2.75, 3.05) is 26.2 Å². The summed E-state index contributed by atoms with van der Waals surface area (Å²) < 4.78 is 14.2. The van der Waals surface area contributed by atoms with Gasteiger partial charge in [-0.2, -0.15) is 5.10 Å². The number of aromatic nitrogens is 3. The van der Waals surface area contributed by atoms with Gasteiger partial charge in [-0.1, -0.05) is 0 Å². The molecule has 23 heavy (non-hydrogen) atoms. The van der Waals surface area contributed by atoms with Gasteiger partial charge in [0.15, 0.2) is 5.82 Å². The van der Waals surface area contributed by atoms with E-state index in [0.717, 1.165) is 28.3 Å².